The van der Waals surface area contributed by atoms with Crippen molar-refractivity contribution in [3.8, 4) is 0 Å². The minimum atomic E-state index is -0.361. The van der Waals surface area contributed by atoms with Crippen molar-refractivity contribution in [2.45, 2.75) is 52.1 Å². The number of nitrogens with one attached hydrogen (secondary N) is 1. The van der Waals surface area contributed by atoms with Gasteiger partial charge in [0.25, 0.3) is 5.69 Å². The van der Waals surface area contributed by atoms with E-state index in [-0.39, 0.29) is 16.1 Å². The Morgan fingerprint density at radius 1 is 1.26 bits per heavy atom. The van der Waals surface area contributed by atoms with Crippen LogP contribution < -0.4 is 5.32 Å². The van der Waals surface area contributed by atoms with Crippen LogP contribution in [0.2, 0.25) is 0 Å². The van der Waals surface area contributed by atoms with Crippen LogP contribution in [0, 0.1) is 10.1 Å². The lowest BCUT2D eigenvalue weighted by Crippen LogP contribution is -2.43. The van der Waals surface area contributed by atoms with Crippen molar-refractivity contribution < 1.29 is 4.92 Å². The van der Waals surface area contributed by atoms with Gasteiger partial charge in [-0.3, -0.25) is 10.1 Å². The van der Waals surface area contributed by atoms with Gasteiger partial charge in [0.2, 0.25) is 0 Å². The third-order valence-electron chi connectivity index (χ3n) is 3.94. The Kier molecular flexibility index (Phi) is 5.94. The van der Waals surface area contributed by atoms with Crippen molar-refractivity contribution in [2.24, 2.45) is 0 Å². The van der Waals surface area contributed by atoms with E-state index in [4.69, 9.17) is 0 Å². The van der Waals surface area contributed by atoms with Crippen molar-refractivity contribution in [2.75, 3.05) is 0 Å². The van der Waals surface area contributed by atoms with E-state index in [1.807, 2.05) is 6.07 Å². The Labute approximate surface area is 122 Å². The van der Waals surface area contributed by atoms with Crippen molar-refractivity contribution >= 4 is 21.6 Å². The number of benzene rings is 1. The first-order chi connectivity index (χ1) is 8.99. The molecule has 1 aromatic carbocycles. The number of nitro benzene ring substituents is 1. The number of nitro groups is 1. The van der Waals surface area contributed by atoms with Gasteiger partial charge >= 0.3 is 0 Å². The normalized spacial score (nSPS) is 11.6. The molecule has 1 aromatic rings. The van der Waals surface area contributed by atoms with E-state index in [1.165, 1.54) is 6.07 Å². The van der Waals surface area contributed by atoms with Crippen molar-refractivity contribution in [3.05, 3.63) is 38.3 Å². The minimum Gasteiger partial charge on any atom is -0.307 e. The molecule has 19 heavy (non-hydrogen) atoms. The van der Waals surface area contributed by atoms with Gasteiger partial charge in [-0.1, -0.05) is 32.9 Å². The van der Waals surface area contributed by atoms with Gasteiger partial charge in [-0.05, 0) is 40.8 Å². The van der Waals surface area contributed by atoms with E-state index in [0.29, 0.717) is 11.0 Å². The molecule has 0 spiro atoms. The van der Waals surface area contributed by atoms with Gasteiger partial charge in [-0.25, -0.2) is 0 Å². The second kappa shape index (κ2) is 7.01. The zero-order valence-corrected chi connectivity index (χ0v) is 13.3. The summed E-state index contributed by atoms with van der Waals surface area (Å²) < 4.78 is 0.574. The second-order valence-corrected chi connectivity index (χ2v) is 5.49. The van der Waals surface area contributed by atoms with Crippen LogP contribution in [0.1, 0.15) is 45.6 Å². The summed E-state index contributed by atoms with van der Waals surface area (Å²) in [5.74, 6) is 0. The quantitative estimate of drug-likeness (QED) is 0.595. The summed E-state index contributed by atoms with van der Waals surface area (Å²) in [6, 6.07) is 5.15. The molecule has 0 bridgehead atoms. The van der Waals surface area contributed by atoms with Gasteiger partial charge in [0.1, 0.15) is 0 Å². The summed E-state index contributed by atoms with van der Waals surface area (Å²) in [5.41, 5.74) is 1.16. The largest absolute Gasteiger partial charge is 0.307 e. The van der Waals surface area contributed by atoms with Crippen LogP contribution in [0.5, 0.6) is 0 Å². The Morgan fingerprint density at radius 3 is 2.32 bits per heavy atom. The Hall–Kier alpha value is -0.940. The maximum absolute atomic E-state index is 10.9. The maximum Gasteiger partial charge on any atom is 0.283 e. The fourth-order valence-corrected chi connectivity index (χ4v) is 2.80. The Balaban J connectivity index is 2.89. The molecule has 106 valence electrons. The minimum absolute atomic E-state index is 0.115. The van der Waals surface area contributed by atoms with Crippen molar-refractivity contribution in [1.82, 2.24) is 5.32 Å². The zero-order chi connectivity index (χ0) is 14.5. The summed E-state index contributed by atoms with van der Waals surface area (Å²) in [6.07, 6.45) is 3.14. The fraction of sp³-hybridized carbons (Fsp3) is 0.571. The highest BCUT2D eigenvalue weighted by Crippen LogP contribution is 2.29. The van der Waals surface area contributed by atoms with Crippen LogP contribution in [0.15, 0.2) is 22.7 Å². The fourth-order valence-electron chi connectivity index (χ4n) is 2.25. The van der Waals surface area contributed by atoms with Gasteiger partial charge in [0.15, 0.2) is 0 Å². The van der Waals surface area contributed by atoms with E-state index in [1.54, 1.807) is 6.07 Å². The highest BCUT2D eigenvalue weighted by atomic mass is 79.9. The SMILES string of the molecule is CCC(CC)(CC)NCc1cccc([N+](=O)[O-])c1Br. The molecule has 0 atom stereocenters. The molecule has 0 aromatic heterocycles. The first-order valence-electron chi connectivity index (χ1n) is 6.66. The van der Waals surface area contributed by atoms with Crippen molar-refractivity contribution in [3.63, 3.8) is 0 Å². The van der Waals surface area contributed by atoms with E-state index >= 15 is 0 Å². The van der Waals surface area contributed by atoms with Crippen molar-refractivity contribution in [1.29, 1.82) is 0 Å². The first-order valence-corrected chi connectivity index (χ1v) is 7.45. The molecule has 0 radical (unpaired) electrons. The van der Waals surface area contributed by atoms with Crippen LogP contribution in [0.3, 0.4) is 0 Å². The lowest BCUT2D eigenvalue weighted by Gasteiger charge is -2.32. The summed E-state index contributed by atoms with van der Waals surface area (Å²) in [6.45, 7) is 7.14. The molecule has 0 fully saturated rings. The summed E-state index contributed by atoms with van der Waals surface area (Å²) in [5, 5.41) is 14.5. The van der Waals surface area contributed by atoms with Crippen LogP contribution in [-0.4, -0.2) is 10.5 Å². The smallest absolute Gasteiger partial charge is 0.283 e. The monoisotopic (exact) mass is 328 g/mol. The molecular weight excluding hydrogens is 308 g/mol. The molecular formula is C14H21BrN2O2. The molecule has 0 saturated carbocycles. The Morgan fingerprint density at radius 2 is 1.84 bits per heavy atom. The molecule has 0 saturated heterocycles. The third-order valence-corrected chi connectivity index (χ3v) is 4.85. The average molecular weight is 329 g/mol. The van der Waals surface area contributed by atoms with Crippen LogP contribution in [0.25, 0.3) is 0 Å². The number of nitrogens with zero attached hydrogens (tertiary/aromatic N) is 1. The maximum atomic E-state index is 10.9. The number of halogens is 1. The topological polar surface area (TPSA) is 55.2 Å². The number of hydrogen-bond donors (Lipinski definition) is 1. The molecule has 1 N–H and O–H groups in total. The predicted octanol–water partition coefficient (Wildman–Crippen LogP) is 4.42. The lowest BCUT2D eigenvalue weighted by atomic mass is 9.89. The number of rotatable bonds is 7. The van der Waals surface area contributed by atoms with Crippen LogP contribution in [-0.2, 0) is 6.54 Å². The molecule has 0 aliphatic rings. The zero-order valence-electron chi connectivity index (χ0n) is 11.7. The van der Waals surface area contributed by atoms with E-state index in [0.717, 1.165) is 24.8 Å². The van der Waals surface area contributed by atoms with Crippen LogP contribution >= 0.6 is 15.9 Å². The highest BCUT2D eigenvalue weighted by Gasteiger charge is 2.23. The molecule has 0 unspecified atom stereocenters. The molecule has 0 aliphatic carbocycles. The van der Waals surface area contributed by atoms with Gasteiger partial charge in [0.05, 0.1) is 9.40 Å². The summed E-state index contributed by atoms with van der Waals surface area (Å²) in [7, 11) is 0. The molecule has 0 heterocycles. The summed E-state index contributed by atoms with van der Waals surface area (Å²) in [4.78, 5) is 10.5. The van der Waals surface area contributed by atoms with Crippen LogP contribution in [0.4, 0.5) is 5.69 Å². The average Bonchev–Trinajstić information content (AvgIpc) is 2.42. The first kappa shape index (κ1) is 16.1. The van der Waals surface area contributed by atoms with E-state index < -0.39 is 0 Å². The highest BCUT2D eigenvalue weighted by molar-refractivity contribution is 9.10. The van der Waals surface area contributed by atoms with Gasteiger partial charge < -0.3 is 5.32 Å². The molecule has 0 aliphatic heterocycles. The predicted molar refractivity (Wildman–Crippen MR) is 81.2 cm³/mol. The molecule has 4 nitrogen and oxygen atoms in total. The summed E-state index contributed by atoms with van der Waals surface area (Å²) >= 11 is 3.33. The Bertz CT molecular complexity index is 437. The lowest BCUT2D eigenvalue weighted by molar-refractivity contribution is -0.385. The molecule has 1 rings (SSSR count). The van der Waals surface area contributed by atoms with Gasteiger partial charge in [0, 0.05) is 18.2 Å². The van der Waals surface area contributed by atoms with E-state index in [2.05, 4.69) is 42.0 Å². The molecule has 0 amide bonds. The van der Waals surface area contributed by atoms with Gasteiger partial charge in [-0.15, -0.1) is 0 Å². The van der Waals surface area contributed by atoms with E-state index in [9.17, 15) is 10.1 Å². The second-order valence-electron chi connectivity index (χ2n) is 4.70. The third kappa shape index (κ3) is 3.76. The standard InChI is InChI=1S/C14H21BrN2O2/c1-4-14(5-2,6-3)16-10-11-8-7-9-12(13(11)15)17(18)19/h7-9,16H,4-6,10H2,1-3H3. The molecule has 5 heteroatoms. The van der Waals surface area contributed by atoms with Gasteiger partial charge in [-0.2, -0.15) is 0 Å². The number of hydrogen-bond acceptors (Lipinski definition) is 3.